The number of nitrogens with zero attached hydrogens (tertiary/aromatic N) is 3. The van der Waals surface area contributed by atoms with Crippen LogP contribution in [0.1, 0.15) is 10.5 Å². The van der Waals surface area contributed by atoms with Crippen LogP contribution in [0.15, 0.2) is 29.4 Å². The van der Waals surface area contributed by atoms with Crippen molar-refractivity contribution in [1.29, 1.82) is 0 Å². The minimum absolute atomic E-state index is 0.643. The second-order valence-corrected chi connectivity index (χ2v) is 5.08. The molecule has 2 heterocycles. The summed E-state index contributed by atoms with van der Waals surface area (Å²) in [6.45, 7) is 0.969. The summed E-state index contributed by atoms with van der Waals surface area (Å²) in [4.78, 5) is 17.7. The lowest BCUT2D eigenvalue weighted by atomic mass is 10.4. The molecule has 0 saturated carbocycles. The topological polar surface area (TPSA) is 37.6 Å². The van der Waals surface area contributed by atoms with Gasteiger partial charge in [0.15, 0.2) is 6.29 Å². The van der Waals surface area contributed by atoms with Crippen molar-refractivity contribution in [2.24, 2.45) is 0 Å². The molecular weight excluding hydrogens is 234 g/mol. The highest BCUT2D eigenvalue weighted by Gasteiger charge is 2.11. The number of pyridine rings is 1. The normalized spacial score (nSPS) is 11.2. The van der Waals surface area contributed by atoms with Crippen LogP contribution in [0.25, 0.3) is 5.65 Å². The number of fused-ring (bicyclic) bond motifs is 1. The summed E-state index contributed by atoms with van der Waals surface area (Å²) in [6.07, 6.45) is 2.74. The predicted molar refractivity (Wildman–Crippen MR) is 69.9 cm³/mol. The largest absolute Gasteiger partial charge is 0.309 e. The van der Waals surface area contributed by atoms with Gasteiger partial charge in [-0.25, -0.2) is 4.98 Å². The second kappa shape index (κ2) is 5.33. The van der Waals surface area contributed by atoms with Gasteiger partial charge in [0.05, 0.1) is 0 Å². The van der Waals surface area contributed by atoms with Crippen LogP contribution in [0.4, 0.5) is 0 Å². The second-order valence-electron chi connectivity index (χ2n) is 4.00. The van der Waals surface area contributed by atoms with E-state index in [1.54, 1.807) is 11.8 Å². The molecule has 0 saturated heterocycles. The molecule has 0 amide bonds. The zero-order chi connectivity index (χ0) is 12.3. The number of thioether (sulfide) groups is 1. The third-order valence-electron chi connectivity index (χ3n) is 2.42. The fourth-order valence-corrected chi connectivity index (χ4v) is 2.63. The van der Waals surface area contributed by atoms with Gasteiger partial charge in [0.2, 0.25) is 0 Å². The maximum atomic E-state index is 11.1. The van der Waals surface area contributed by atoms with E-state index in [1.165, 1.54) is 0 Å². The molecule has 4 nitrogen and oxygen atoms in total. The fourth-order valence-electron chi connectivity index (χ4n) is 1.53. The Labute approximate surface area is 105 Å². The lowest BCUT2D eigenvalue weighted by Gasteiger charge is -2.07. The molecule has 0 radical (unpaired) electrons. The molecule has 17 heavy (non-hydrogen) atoms. The molecule has 5 heteroatoms. The van der Waals surface area contributed by atoms with Crippen molar-refractivity contribution >= 4 is 23.7 Å². The molecule has 2 aromatic heterocycles. The Morgan fingerprint density at radius 3 is 3.00 bits per heavy atom. The highest BCUT2D eigenvalue weighted by molar-refractivity contribution is 7.99. The molecule has 0 unspecified atom stereocenters. The highest BCUT2D eigenvalue weighted by atomic mass is 32.2. The van der Waals surface area contributed by atoms with Gasteiger partial charge in [-0.3, -0.25) is 9.20 Å². The minimum Gasteiger partial charge on any atom is -0.309 e. The SMILES string of the molecule is CN(C)CCSc1nc2ccccn2c1C=O. The lowest BCUT2D eigenvalue weighted by Crippen LogP contribution is -2.14. The van der Waals surface area contributed by atoms with Gasteiger partial charge in [-0.1, -0.05) is 6.07 Å². The Bertz CT molecular complexity index is 521. The smallest absolute Gasteiger partial charge is 0.169 e. The van der Waals surface area contributed by atoms with E-state index < -0.39 is 0 Å². The monoisotopic (exact) mass is 249 g/mol. The Kier molecular flexibility index (Phi) is 3.81. The number of hydrogen-bond donors (Lipinski definition) is 0. The predicted octanol–water partition coefficient (Wildman–Crippen LogP) is 1.80. The van der Waals surface area contributed by atoms with Crippen LogP contribution >= 0.6 is 11.8 Å². The fraction of sp³-hybridized carbons (Fsp3) is 0.333. The number of carbonyl (C=O) groups excluding carboxylic acids is 1. The molecule has 0 atom stereocenters. The van der Waals surface area contributed by atoms with Crippen LogP contribution in [0.3, 0.4) is 0 Å². The maximum Gasteiger partial charge on any atom is 0.169 e. The van der Waals surface area contributed by atoms with Gasteiger partial charge in [-0.15, -0.1) is 11.8 Å². The van der Waals surface area contributed by atoms with Crippen LogP contribution < -0.4 is 0 Å². The molecule has 0 bridgehead atoms. The first kappa shape index (κ1) is 12.1. The molecule has 0 aromatic carbocycles. The van der Waals surface area contributed by atoms with Crippen molar-refractivity contribution in [3.63, 3.8) is 0 Å². The van der Waals surface area contributed by atoms with E-state index in [2.05, 4.69) is 9.88 Å². The molecule has 90 valence electrons. The molecule has 0 aliphatic rings. The van der Waals surface area contributed by atoms with Gasteiger partial charge in [-0.05, 0) is 26.2 Å². The van der Waals surface area contributed by atoms with Crippen molar-refractivity contribution < 1.29 is 4.79 Å². The average molecular weight is 249 g/mol. The number of aromatic nitrogens is 2. The van der Waals surface area contributed by atoms with Crippen LogP contribution in [0.5, 0.6) is 0 Å². The average Bonchev–Trinajstić information content (AvgIpc) is 2.66. The van der Waals surface area contributed by atoms with Crippen molar-refractivity contribution in [3.05, 3.63) is 30.1 Å². The first-order valence-corrected chi connectivity index (χ1v) is 6.40. The number of rotatable bonds is 5. The van der Waals surface area contributed by atoms with Crippen LogP contribution in [0.2, 0.25) is 0 Å². The van der Waals surface area contributed by atoms with E-state index in [9.17, 15) is 4.79 Å². The van der Waals surface area contributed by atoms with Crippen molar-refractivity contribution in [1.82, 2.24) is 14.3 Å². The molecule has 0 N–H and O–H groups in total. The summed E-state index contributed by atoms with van der Waals surface area (Å²) in [6, 6.07) is 5.73. The molecule has 0 fully saturated rings. The summed E-state index contributed by atoms with van der Waals surface area (Å²) in [5.74, 6) is 0.928. The molecule has 0 aliphatic heterocycles. The quantitative estimate of drug-likeness (QED) is 0.598. The zero-order valence-electron chi connectivity index (χ0n) is 9.96. The van der Waals surface area contributed by atoms with Crippen LogP contribution in [0, 0.1) is 0 Å². The Balaban J connectivity index is 2.24. The summed E-state index contributed by atoms with van der Waals surface area (Å²) in [5.41, 5.74) is 1.46. The van der Waals surface area contributed by atoms with Crippen LogP contribution in [-0.2, 0) is 0 Å². The van der Waals surface area contributed by atoms with Gasteiger partial charge in [0, 0.05) is 18.5 Å². The van der Waals surface area contributed by atoms with E-state index in [0.717, 1.165) is 29.3 Å². The third-order valence-corrected chi connectivity index (χ3v) is 3.38. The van der Waals surface area contributed by atoms with E-state index >= 15 is 0 Å². The van der Waals surface area contributed by atoms with Gasteiger partial charge in [0.25, 0.3) is 0 Å². The Morgan fingerprint density at radius 1 is 1.47 bits per heavy atom. The summed E-state index contributed by atoms with van der Waals surface area (Å²) in [7, 11) is 4.07. The van der Waals surface area contributed by atoms with E-state index in [0.29, 0.717) is 5.69 Å². The molecule has 0 aliphatic carbocycles. The summed E-state index contributed by atoms with van der Waals surface area (Å²) in [5, 5.41) is 0.813. The standard InChI is InChI=1S/C12H15N3OS/c1-14(2)7-8-17-12-10(9-16)15-6-4-3-5-11(15)13-12/h3-6,9H,7-8H2,1-2H3. The van der Waals surface area contributed by atoms with Crippen molar-refractivity contribution in [2.75, 3.05) is 26.4 Å². The van der Waals surface area contributed by atoms with E-state index in [-0.39, 0.29) is 0 Å². The Morgan fingerprint density at radius 2 is 2.29 bits per heavy atom. The van der Waals surface area contributed by atoms with Gasteiger partial charge in [-0.2, -0.15) is 0 Å². The van der Waals surface area contributed by atoms with Crippen molar-refractivity contribution in [2.45, 2.75) is 5.03 Å². The minimum atomic E-state index is 0.643. The summed E-state index contributed by atoms with van der Waals surface area (Å²) < 4.78 is 1.82. The first-order valence-electron chi connectivity index (χ1n) is 5.42. The van der Waals surface area contributed by atoms with Crippen LogP contribution in [-0.4, -0.2) is 47.0 Å². The van der Waals surface area contributed by atoms with Gasteiger partial charge in [0.1, 0.15) is 16.4 Å². The lowest BCUT2D eigenvalue weighted by molar-refractivity contribution is 0.111. The van der Waals surface area contributed by atoms with Crippen molar-refractivity contribution in [3.8, 4) is 0 Å². The highest BCUT2D eigenvalue weighted by Crippen LogP contribution is 2.22. The summed E-state index contributed by atoms with van der Waals surface area (Å²) >= 11 is 1.62. The number of imidazole rings is 1. The van der Waals surface area contributed by atoms with Gasteiger partial charge >= 0.3 is 0 Å². The molecule has 2 rings (SSSR count). The van der Waals surface area contributed by atoms with E-state index in [1.807, 2.05) is 42.9 Å². The third kappa shape index (κ3) is 2.68. The van der Waals surface area contributed by atoms with E-state index in [4.69, 9.17) is 0 Å². The number of hydrogen-bond acceptors (Lipinski definition) is 4. The van der Waals surface area contributed by atoms with Gasteiger partial charge < -0.3 is 4.90 Å². The molecule has 2 aromatic rings. The number of carbonyl (C=O) groups is 1. The Hall–Kier alpha value is -1.33. The molecule has 0 spiro atoms. The maximum absolute atomic E-state index is 11.1. The zero-order valence-corrected chi connectivity index (χ0v) is 10.8. The first-order chi connectivity index (χ1) is 8.22. The number of aldehydes is 1. The molecular formula is C12H15N3OS.